The summed E-state index contributed by atoms with van der Waals surface area (Å²) in [4.78, 5) is 11.4. The van der Waals surface area contributed by atoms with E-state index in [-0.39, 0.29) is 5.82 Å². The van der Waals surface area contributed by atoms with Crippen LogP contribution in [-0.4, -0.2) is 26.4 Å². The summed E-state index contributed by atoms with van der Waals surface area (Å²) in [6.07, 6.45) is -0.160. The number of hydrogen-bond acceptors (Lipinski definition) is 3. The second-order valence-corrected chi connectivity index (χ2v) is 3.87. The van der Waals surface area contributed by atoms with E-state index in [0.717, 1.165) is 12.0 Å². The van der Waals surface area contributed by atoms with Gasteiger partial charge < -0.3 is 14.8 Å². The number of ether oxygens (including phenoxy) is 2. The fraction of sp³-hybridized carbons (Fsp3) is 0.462. The van der Waals surface area contributed by atoms with E-state index in [2.05, 4.69) is 5.32 Å². The van der Waals surface area contributed by atoms with Crippen LogP contribution in [0.5, 0.6) is 0 Å². The van der Waals surface area contributed by atoms with Crippen molar-refractivity contribution in [3.05, 3.63) is 35.6 Å². The van der Waals surface area contributed by atoms with Crippen LogP contribution in [0, 0.1) is 5.82 Å². The minimum absolute atomic E-state index is 0.310. The van der Waals surface area contributed by atoms with E-state index in [9.17, 15) is 9.18 Å². The Balaban J connectivity index is 2.33. The maximum absolute atomic E-state index is 12.7. The molecule has 0 spiro atoms. The molecule has 0 heterocycles. The summed E-state index contributed by atoms with van der Waals surface area (Å²) in [5.41, 5.74) is 0.753. The first-order valence-electron chi connectivity index (χ1n) is 5.82. The number of rotatable bonds is 6. The topological polar surface area (TPSA) is 47.6 Å². The van der Waals surface area contributed by atoms with Crippen molar-refractivity contribution in [2.24, 2.45) is 0 Å². The lowest BCUT2D eigenvalue weighted by Gasteiger charge is -2.14. The number of methoxy groups -OCH3 is 1. The van der Waals surface area contributed by atoms with Crippen LogP contribution in [0.1, 0.15) is 25.0 Å². The van der Waals surface area contributed by atoms with E-state index < -0.39 is 12.2 Å². The molecule has 18 heavy (non-hydrogen) atoms. The Morgan fingerprint density at radius 2 is 2.06 bits per heavy atom. The van der Waals surface area contributed by atoms with Crippen LogP contribution in [0.2, 0.25) is 0 Å². The molecule has 0 bridgehead atoms. The van der Waals surface area contributed by atoms with Crippen LogP contribution in [0.15, 0.2) is 24.3 Å². The van der Waals surface area contributed by atoms with Crippen LogP contribution in [0.25, 0.3) is 0 Å². The second-order valence-electron chi connectivity index (χ2n) is 3.87. The van der Waals surface area contributed by atoms with Gasteiger partial charge in [0.2, 0.25) is 0 Å². The zero-order valence-electron chi connectivity index (χ0n) is 10.6. The van der Waals surface area contributed by atoms with Gasteiger partial charge in [0.05, 0.1) is 0 Å². The number of carbonyl (C=O) groups excluding carboxylic acids is 1. The molecule has 1 rings (SSSR count). The van der Waals surface area contributed by atoms with E-state index in [4.69, 9.17) is 9.47 Å². The summed E-state index contributed by atoms with van der Waals surface area (Å²) in [7, 11) is 1.61. The SMILES string of the molecule is COCCCNC(=O)O[C@@H](C)c1ccc(F)cc1. The van der Waals surface area contributed by atoms with Gasteiger partial charge in [-0.1, -0.05) is 12.1 Å². The van der Waals surface area contributed by atoms with Crippen molar-refractivity contribution in [1.82, 2.24) is 5.32 Å². The lowest BCUT2D eigenvalue weighted by atomic mass is 10.1. The van der Waals surface area contributed by atoms with Crippen molar-refractivity contribution in [2.75, 3.05) is 20.3 Å². The third-order valence-electron chi connectivity index (χ3n) is 2.42. The predicted octanol–water partition coefficient (Wildman–Crippen LogP) is 2.65. The van der Waals surface area contributed by atoms with Crippen LogP contribution in [0.4, 0.5) is 9.18 Å². The summed E-state index contributed by atoms with van der Waals surface area (Å²) in [5.74, 6) is -0.310. The van der Waals surface area contributed by atoms with Crippen molar-refractivity contribution in [3.63, 3.8) is 0 Å². The molecule has 0 aliphatic rings. The lowest BCUT2D eigenvalue weighted by molar-refractivity contribution is 0.106. The first kappa shape index (κ1) is 14.4. The van der Waals surface area contributed by atoms with Crippen molar-refractivity contribution in [2.45, 2.75) is 19.4 Å². The van der Waals surface area contributed by atoms with Crippen molar-refractivity contribution >= 4 is 6.09 Å². The number of hydrogen-bond donors (Lipinski definition) is 1. The average molecular weight is 255 g/mol. The standard InChI is InChI=1S/C13H18FNO3/c1-10(11-4-6-12(14)7-5-11)18-13(16)15-8-3-9-17-2/h4-7,10H,3,8-9H2,1-2H3,(H,15,16)/t10-/m0/s1. The van der Waals surface area contributed by atoms with Gasteiger partial charge in [0.1, 0.15) is 11.9 Å². The van der Waals surface area contributed by atoms with Gasteiger partial charge in [0.15, 0.2) is 0 Å². The van der Waals surface area contributed by atoms with Crippen LogP contribution >= 0.6 is 0 Å². The number of amides is 1. The molecule has 1 aromatic carbocycles. The van der Waals surface area contributed by atoms with Gasteiger partial charge in [0.25, 0.3) is 0 Å². The molecule has 1 amide bonds. The Morgan fingerprint density at radius 1 is 1.39 bits per heavy atom. The molecule has 0 saturated heterocycles. The minimum atomic E-state index is -0.483. The first-order valence-corrected chi connectivity index (χ1v) is 5.82. The Bertz CT molecular complexity index is 367. The monoisotopic (exact) mass is 255 g/mol. The van der Waals surface area contributed by atoms with Gasteiger partial charge in [-0.3, -0.25) is 0 Å². The molecule has 100 valence electrons. The number of carbonyl (C=O) groups is 1. The molecular formula is C13H18FNO3. The largest absolute Gasteiger partial charge is 0.442 e. The Labute approximate surface area is 106 Å². The fourth-order valence-electron chi connectivity index (χ4n) is 1.41. The van der Waals surface area contributed by atoms with Gasteiger partial charge in [-0.15, -0.1) is 0 Å². The van der Waals surface area contributed by atoms with Gasteiger partial charge in [-0.05, 0) is 31.0 Å². The van der Waals surface area contributed by atoms with E-state index >= 15 is 0 Å². The van der Waals surface area contributed by atoms with E-state index in [0.29, 0.717) is 13.2 Å². The summed E-state index contributed by atoms with van der Waals surface area (Å²) >= 11 is 0. The highest BCUT2D eigenvalue weighted by atomic mass is 19.1. The number of nitrogens with one attached hydrogen (secondary N) is 1. The van der Waals surface area contributed by atoms with Gasteiger partial charge in [-0.25, -0.2) is 9.18 Å². The maximum atomic E-state index is 12.7. The van der Waals surface area contributed by atoms with Gasteiger partial charge >= 0.3 is 6.09 Å². The number of alkyl carbamates (subject to hydrolysis) is 1. The molecule has 0 fully saturated rings. The van der Waals surface area contributed by atoms with Crippen molar-refractivity contribution in [1.29, 1.82) is 0 Å². The third-order valence-corrected chi connectivity index (χ3v) is 2.42. The molecule has 1 N–H and O–H groups in total. The number of halogens is 1. The highest BCUT2D eigenvalue weighted by molar-refractivity contribution is 5.67. The zero-order valence-corrected chi connectivity index (χ0v) is 10.6. The summed E-state index contributed by atoms with van der Waals surface area (Å²) < 4.78 is 22.7. The average Bonchev–Trinajstić information content (AvgIpc) is 2.35. The van der Waals surface area contributed by atoms with E-state index in [1.807, 2.05) is 0 Å². The van der Waals surface area contributed by atoms with Crippen molar-refractivity contribution < 1.29 is 18.7 Å². The normalized spacial score (nSPS) is 11.9. The molecule has 0 aliphatic heterocycles. The summed E-state index contributed by atoms with van der Waals surface area (Å²) in [6, 6.07) is 5.87. The molecular weight excluding hydrogens is 237 g/mol. The maximum Gasteiger partial charge on any atom is 0.407 e. The first-order chi connectivity index (χ1) is 8.63. The predicted molar refractivity (Wildman–Crippen MR) is 65.8 cm³/mol. The molecule has 0 aliphatic carbocycles. The van der Waals surface area contributed by atoms with E-state index in [1.54, 1.807) is 26.2 Å². The number of benzene rings is 1. The quantitative estimate of drug-likeness (QED) is 0.795. The van der Waals surface area contributed by atoms with Crippen LogP contribution in [-0.2, 0) is 9.47 Å². The fourth-order valence-corrected chi connectivity index (χ4v) is 1.41. The molecule has 0 radical (unpaired) electrons. The summed E-state index contributed by atoms with van der Waals surface area (Å²) in [5, 5.41) is 2.61. The lowest BCUT2D eigenvalue weighted by Crippen LogP contribution is -2.27. The molecule has 1 aromatic rings. The molecule has 0 saturated carbocycles. The Morgan fingerprint density at radius 3 is 2.67 bits per heavy atom. The second kappa shape index (κ2) is 7.66. The highest BCUT2D eigenvalue weighted by Crippen LogP contribution is 2.16. The van der Waals surface area contributed by atoms with E-state index in [1.165, 1.54) is 12.1 Å². The van der Waals surface area contributed by atoms with Gasteiger partial charge in [-0.2, -0.15) is 0 Å². The molecule has 5 heteroatoms. The molecule has 1 atom stereocenters. The molecule has 0 unspecified atom stereocenters. The van der Waals surface area contributed by atoms with Crippen LogP contribution in [0.3, 0.4) is 0 Å². The Kier molecular flexibility index (Phi) is 6.14. The van der Waals surface area contributed by atoms with Crippen molar-refractivity contribution in [3.8, 4) is 0 Å². The zero-order chi connectivity index (χ0) is 13.4. The Hall–Kier alpha value is -1.62. The highest BCUT2D eigenvalue weighted by Gasteiger charge is 2.10. The molecule has 4 nitrogen and oxygen atoms in total. The summed E-state index contributed by atoms with van der Waals surface area (Å²) in [6.45, 7) is 2.83. The minimum Gasteiger partial charge on any atom is -0.442 e. The van der Waals surface area contributed by atoms with Crippen LogP contribution < -0.4 is 5.32 Å². The van der Waals surface area contributed by atoms with Gasteiger partial charge in [0, 0.05) is 20.3 Å². The third kappa shape index (κ3) is 5.14. The smallest absolute Gasteiger partial charge is 0.407 e. The molecule has 0 aromatic heterocycles.